The minimum absolute atomic E-state index is 0.205. The number of carbonyl (C=O) groups is 3. The van der Waals surface area contributed by atoms with E-state index in [-0.39, 0.29) is 12.2 Å². The van der Waals surface area contributed by atoms with E-state index in [1.807, 2.05) is 11.8 Å². The number of aromatic nitrogens is 1. The Balaban J connectivity index is 1.45. The molecule has 2 heterocycles. The number of thiazole rings is 1. The Morgan fingerprint density at radius 2 is 1.93 bits per heavy atom. The second kappa shape index (κ2) is 10.6. The van der Waals surface area contributed by atoms with Crippen LogP contribution >= 0.6 is 11.3 Å². The lowest BCUT2D eigenvalue weighted by Crippen LogP contribution is -2.46. The van der Waals surface area contributed by atoms with Crippen molar-refractivity contribution in [1.29, 1.82) is 0 Å². The third-order valence-corrected chi connectivity index (χ3v) is 5.06. The molecule has 0 radical (unpaired) electrons. The normalized spacial score (nSPS) is 13.4. The van der Waals surface area contributed by atoms with Crippen LogP contribution in [0, 0.1) is 0 Å². The zero-order valence-electron chi connectivity index (χ0n) is 16.5. The number of morpholine rings is 1. The largest absolute Gasteiger partial charge is 0.493 e. The first kappa shape index (κ1) is 21.5. The van der Waals surface area contributed by atoms with Crippen LogP contribution in [0.2, 0.25) is 0 Å². The van der Waals surface area contributed by atoms with E-state index in [1.54, 1.807) is 29.6 Å². The van der Waals surface area contributed by atoms with Crippen LogP contribution in [0.4, 0.5) is 5.13 Å². The van der Waals surface area contributed by atoms with E-state index in [9.17, 15) is 14.4 Å². The monoisotopic (exact) mass is 433 g/mol. The van der Waals surface area contributed by atoms with Gasteiger partial charge < -0.3 is 19.7 Å². The molecule has 0 spiro atoms. The molecule has 10 nitrogen and oxygen atoms in total. The number of hydrogen-bond donors (Lipinski definition) is 3. The van der Waals surface area contributed by atoms with E-state index in [0.29, 0.717) is 31.1 Å². The average molecular weight is 433 g/mol. The van der Waals surface area contributed by atoms with Gasteiger partial charge in [-0.25, -0.2) is 4.98 Å². The zero-order chi connectivity index (χ0) is 21.3. The van der Waals surface area contributed by atoms with Crippen molar-refractivity contribution in [2.75, 3.05) is 44.4 Å². The fourth-order valence-electron chi connectivity index (χ4n) is 2.69. The minimum atomic E-state index is -0.575. The first-order valence-corrected chi connectivity index (χ1v) is 10.3. The van der Waals surface area contributed by atoms with Crippen LogP contribution < -0.4 is 25.8 Å². The van der Waals surface area contributed by atoms with Crippen molar-refractivity contribution < 1.29 is 23.9 Å². The van der Waals surface area contributed by atoms with Gasteiger partial charge in [0.2, 0.25) is 0 Å². The zero-order valence-corrected chi connectivity index (χ0v) is 17.3. The van der Waals surface area contributed by atoms with Crippen molar-refractivity contribution >= 4 is 34.2 Å². The number of para-hydroxylation sites is 1. The molecule has 2 aromatic rings. The van der Waals surface area contributed by atoms with Crippen molar-refractivity contribution in [1.82, 2.24) is 21.2 Å². The maximum atomic E-state index is 12.3. The molecule has 3 amide bonds. The maximum Gasteiger partial charge on any atom is 0.289 e. The van der Waals surface area contributed by atoms with Gasteiger partial charge in [0, 0.05) is 18.5 Å². The van der Waals surface area contributed by atoms with Gasteiger partial charge in [-0.3, -0.25) is 25.2 Å². The number of benzene rings is 1. The van der Waals surface area contributed by atoms with Gasteiger partial charge in [-0.05, 0) is 19.1 Å². The Morgan fingerprint density at radius 3 is 2.70 bits per heavy atom. The minimum Gasteiger partial charge on any atom is -0.493 e. The number of nitrogens with zero attached hydrogens (tertiary/aromatic N) is 2. The predicted octanol–water partition coefficient (Wildman–Crippen LogP) is 0.569. The quantitative estimate of drug-likeness (QED) is 0.546. The van der Waals surface area contributed by atoms with Gasteiger partial charge in [-0.15, -0.1) is 11.3 Å². The maximum absolute atomic E-state index is 12.3. The molecule has 11 heteroatoms. The first-order chi connectivity index (χ1) is 14.6. The van der Waals surface area contributed by atoms with Crippen LogP contribution in [-0.4, -0.2) is 62.2 Å². The molecule has 1 saturated heterocycles. The molecule has 1 aromatic carbocycles. The molecule has 1 fully saturated rings. The van der Waals surface area contributed by atoms with E-state index in [2.05, 4.69) is 21.2 Å². The summed E-state index contributed by atoms with van der Waals surface area (Å²) in [5, 5.41) is 4.85. The smallest absolute Gasteiger partial charge is 0.289 e. The average Bonchev–Trinajstić information content (AvgIpc) is 3.27. The van der Waals surface area contributed by atoms with Gasteiger partial charge in [0.15, 0.2) is 5.13 Å². The molecule has 0 aliphatic carbocycles. The van der Waals surface area contributed by atoms with Crippen LogP contribution in [0.25, 0.3) is 0 Å². The van der Waals surface area contributed by atoms with E-state index in [0.717, 1.165) is 18.2 Å². The summed E-state index contributed by atoms with van der Waals surface area (Å²) in [5.41, 5.74) is 5.09. The highest BCUT2D eigenvalue weighted by Crippen LogP contribution is 2.21. The van der Waals surface area contributed by atoms with Gasteiger partial charge >= 0.3 is 0 Å². The van der Waals surface area contributed by atoms with Gasteiger partial charge in [-0.2, -0.15) is 0 Å². The molecule has 3 N–H and O–H groups in total. The summed E-state index contributed by atoms with van der Waals surface area (Å²) in [6, 6.07) is 6.75. The molecule has 1 aromatic heterocycles. The predicted molar refractivity (Wildman–Crippen MR) is 111 cm³/mol. The molecule has 30 heavy (non-hydrogen) atoms. The molecule has 1 aliphatic heterocycles. The van der Waals surface area contributed by atoms with E-state index >= 15 is 0 Å². The Bertz CT molecular complexity index is 897. The second-order valence-corrected chi connectivity index (χ2v) is 7.07. The number of nitrogens with one attached hydrogen (secondary N) is 3. The second-order valence-electron chi connectivity index (χ2n) is 6.23. The number of anilines is 1. The highest BCUT2D eigenvalue weighted by molar-refractivity contribution is 7.13. The SMILES string of the molecule is CCOc1ccccc1C(=O)NCC(=O)NNC(=O)c1csc(N2CCOCC2)n1. The standard InChI is InChI=1S/C19H23N5O5S/c1-2-29-15-6-4-3-5-13(15)17(26)20-11-16(25)22-23-18(27)14-12-30-19(21-14)24-7-9-28-10-8-24/h3-6,12H,2,7-11H2,1H3,(H,20,26)(H,22,25)(H,23,27). The first-order valence-electron chi connectivity index (χ1n) is 9.46. The van der Waals surface area contributed by atoms with Crippen LogP contribution in [0.1, 0.15) is 27.8 Å². The number of hydrogen-bond acceptors (Lipinski definition) is 8. The molecule has 3 rings (SSSR count). The van der Waals surface area contributed by atoms with Crippen LogP contribution in [0.15, 0.2) is 29.6 Å². The summed E-state index contributed by atoms with van der Waals surface area (Å²) in [6.45, 7) is 4.61. The third kappa shape index (κ3) is 5.67. The van der Waals surface area contributed by atoms with Crippen molar-refractivity contribution in [3.05, 3.63) is 40.9 Å². The van der Waals surface area contributed by atoms with E-state index in [4.69, 9.17) is 9.47 Å². The molecule has 0 bridgehead atoms. The summed E-state index contributed by atoms with van der Waals surface area (Å²) >= 11 is 1.35. The summed E-state index contributed by atoms with van der Waals surface area (Å²) in [7, 11) is 0. The highest BCUT2D eigenvalue weighted by atomic mass is 32.1. The Labute approximate surface area is 177 Å². The molecule has 0 unspecified atom stereocenters. The van der Waals surface area contributed by atoms with Crippen molar-refractivity contribution in [2.45, 2.75) is 6.92 Å². The van der Waals surface area contributed by atoms with Gasteiger partial charge in [0.25, 0.3) is 17.7 Å². The summed E-state index contributed by atoms with van der Waals surface area (Å²) in [4.78, 5) is 42.8. The lowest BCUT2D eigenvalue weighted by Gasteiger charge is -2.25. The summed E-state index contributed by atoms with van der Waals surface area (Å²) < 4.78 is 10.7. The molecule has 160 valence electrons. The molecular formula is C19H23N5O5S. The Kier molecular flexibility index (Phi) is 7.57. The van der Waals surface area contributed by atoms with Gasteiger partial charge in [-0.1, -0.05) is 12.1 Å². The molecule has 1 aliphatic rings. The number of amides is 3. The Hall–Kier alpha value is -3.18. The van der Waals surface area contributed by atoms with Crippen LogP contribution in [-0.2, 0) is 9.53 Å². The number of hydrazine groups is 1. The van der Waals surface area contributed by atoms with Crippen molar-refractivity contribution in [3.8, 4) is 5.75 Å². The van der Waals surface area contributed by atoms with E-state index < -0.39 is 17.7 Å². The molecule has 0 atom stereocenters. The fraction of sp³-hybridized carbons (Fsp3) is 0.368. The van der Waals surface area contributed by atoms with Crippen molar-refractivity contribution in [3.63, 3.8) is 0 Å². The molecule has 0 saturated carbocycles. The summed E-state index contributed by atoms with van der Waals surface area (Å²) in [6.07, 6.45) is 0. The van der Waals surface area contributed by atoms with Crippen molar-refractivity contribution in [2.24, 2.45) is 0 Å². The Morgan fingerprint density at radius 1 is 1.17 bits per heavy atom. The number of ether oxygens (including phenoxy) is 2. The fourth-order valence-corrected chi connectivity index (χ4v) is 3.55. The number of rotatable bonds is 7. The lowest BCUT2D eigenvalue weighted by molar-refractivity contribution is -0.120. The highest BCUT2D eigenvalue weighted by Gasteiger charge is 2.18. The summed E-state index contributed by atoms with van der Waals surface area (Å²) in [5.74, 6) is -1.12. The van der Waals surface area contributed by atoms with Gasteiger partial charge in [0.05, 0.1) is 31.9 Å². The van der Waals surface area contributed by atoms with Gasteiger partial charge in [0.1, 0.15) is 11.4 Å². The van der Waals surface area contributed by atoms with E-state index in [1.165, 1.54) is 11.3 Å². The number of carbonyl (C=O) groups excluding carboxylic acids is 3. The molecular weight excluding hydrogens is 410 g/mol. The topological polar surface area (TPSA) is 122 Å². The van der Waals surface area contributed by atoms with Crippen LogP contribution in [0.5, 0.6) is 5.75 Å². The van der Waals surface area contributed by atoms with Crippen LogP contribution in [0.3, 0.4) is 0 Å². The third-order valence-electron chi connectivity index (χ3n) is 4.16. The lowest BCUT2D eigenvalue weighted by atomic mass is 10.2.